The Morgan fingerprint density at radius 1 is 1.12 bits per heavy atom. The number of phenolic OH excluding ortho intramolecular Hbond substituents is 3. The normalized spacial score (nSPS) is 11.7. The number of aliphatic hydroxyl groups is 1. The smallest absolute Gasteiger partial charge is 0.200 e. The lowest BCUT2D eigenvalue weighted by molar-refractivity contribution is 0.0794. The zero-order chi connectivity index (χ0) is 12.3. The molecule has 0 heterocycles. The van der Waals surface area contributed by atoms with E-state index in [1.54, 1.807) is 13.8 Å². The summed E-state index contributed by atoms with van der Waals surface area (Å²) in [5.74, 6) is -1.23. The molecule has 1 aromatic carbocycles. The van der Waals surface area contributed by atoms with Crippen LogP contribution in [0.1, 0.15) is 19.4 Å². The third kappa shape index (κ3) is 3.29. The van der Waals surface area contributed by atoms with E-state index in [-0.39, 0.29) is 11.5 Å². The molecule has 0 unspecified atom stereocenters. The second kappa shape index (κ2) is 4.59. The number of rotatable bonds is 4. The van der Waals surface area contributed by atoms with E-state index >= 15 is 0 Å². The van der Waals surface area contributed by atoms with Gasteiger partial charge in [0.15, 0.2) is 11.5 Å². The summed E-state index contributed by atoms with van der Waals surface area (Å²) in [4.78, 5) is 0. The van der Waals surface area contributed by atoms with Gasteiger partial charge in [-0.1, -0.05) is 6.07 Å². The van der Waals surface area contributed by atoms with Crippen LogP contribution in [0.3, 0.4) is 0 Å². The zero-order valence-corrected chi connectivity index (χ0v) is 9.36. The number of hydrogen-bond acceptors (Lipinski definition) is 5. The van der Waals surface area contributed by atoms with Gasteiger partial charge < -0.3 is 25.7 Å². The van der Waals surface area contributed by atoms with Gasteiger partial charge in [-0.05, 0) is 19.9 Å². The molecule has 0 saturated heterocycles. The molecule has 0 aromatic heterocycles. The van der Waals surface area contributed by atoms with Crippen LogP contribution in [0, 0.1) is 0 Å². The first kappa shape index (κ1) is 12.6. The number of aromatic hydroxyl groups is 3. The molecule has 0 amide bonds. The maximum Gasteiger partial charge on any atom is 0.200 e. The van der Waals surface area contributed by atoms with Crippen molar-refractivity contribution in [3.8, 4) is 17.2 Å². The highest BCUT2D eigenvalue weighted by molar-refractivity contribution is 5.52. The van der Waals surface area contributed by atoms with E-state index in [4.69, 9.17) is 5.11 Å². The fourth-order valence-corrected chi connectivity index (χ4v) is 1.26. The molecular formula is C11H17NO4. The van der Waals surface area contributed by atoms with Gasteiger partial charge >= 0.3 is 0 Å². The van der Waals surface area contributed by atoms with E-state index in [9.17, 15) is 15.3 Å². The molecule has 0 saturated carbocycles. The predicted octanol–water partition coefficient (Wildman–Crippen LogP) is 0.664. The first-order valence-corrected chi connectivity index (χ1v) is 4.97. The van der Waals surface area contributed by atoms with E-state index in [1.165, 1.54) is 12.1 Å². The fraction of sp³-hybridized carbons (Fsp3) is 0.455. The standard InChI is InChI=1S/C11H17NO4/c1-11(2,16)6-12-5-7-3-4-8(13)10(15)9(7)14/h3-4,12-16H,5-6H2,1-2H3. The lowest BCUT2D eigenvalue weighted by Crippen LogP contribution is -2.34. The van der Waals surface area contributed by atoms with Crippen LogP contribution in [-0.2, 0) is 6.54 Å². The highest BCUT2D eigenvalue weighted by Gasteiger charge is 2.14. The molecule has 5 N–H and O–H groups in total. The van der Waals surface area contributed by atoms with Crippen LogP contribution in [0.25, 0.3) is 0 Å². The van der Waals surface area contributed by atoms with Crippen LogP contribution in [-0.4, -0.2) is 32.6 Å². The Balaban J connectivity index is 2.65. The average molecular weight is 227 g/mol. The Hall–Kier alpha value is -1.46. The molecule has 0 fully saturated rings. The van der Waals surface area contributed by atoms with E-state index < -0.39 is 11.4 Å². The van der Waals surface area contributed by atoms with Gasteiger partial charge in [-0.15, -0.1) is 0 Å². The monoisotopic (exact) mass is 227 g/mol. The average Bonchev–Trinajstić information content (AvgIpc) is 2.16. The van der Waals surface area contributed by atoms with Crippen LogP contribution >= 0.6 is 0 Å². The fourth-order valence-electron chi connectivity index (χ4n) is 1.26. The molecule has 0 bridgehead atoms. The van der Waals surface area contributed by atoms with Gasteiger partial charge in [-0.3, -0.25) is 0 Å². The lowest BCUT2D eigenvalue weighted by atomic mass is 10.1. The molecule has 90 valence electrons. The second-order valence-electron chi connectivity index (χ2n) is 4.36. The van der Waals surface area contributed by atoms with Crippen LogP contribution in [0.2, 0.25) is 0 Å². The van der Waals surface area contributed by atoms with Gasteiger partial charge in [0.2, 0.25) is 5.75 Å². The molecule has 0 spiro atoms. The SMILES string of the molecule is CC(C)(O)CNCc1ccc(O)c(O)c1O. The van der Waals surface area contributed by atoms with Crippen LogP contribution in [0.4, 0.5) is 0 Å². The Morgan fingerprint density at radius 2 is 1.75 bits per heavy atom. The molecule has 1 aromatic rings. The third-order valence-electron chi connectivity index (χ3n) is 2.09. The zero-order valence-electron chi connectivity index (χ0n) is 9.36. The molecule has 1 rings (SSSR count). The highest BCUT2D eigenvalue weighted by Crippen LogP contribution is 2.36. The molecule has 0 atom stereocenters. The first-order chi connectivity index (χ1) is 7.31. The van der Waals surface area contributed by atoms with Crippen molar-refractivity contribution in [1.29, 1.82) is 0 Å². The predicted molar refractivity (Wildman–Crippen MR) is 59.4 cm³/mol. The van der Waals surface area contributed by atoms with Crippen molar-refractivity contribution in [2.24, 2.45) is 0 Å². The Kier molecular flexibility index (Phi) is 3.62. The van der Waals surface area contributed by atoms with E-state index in [0.717, 1.165) is 0 Å². The summed E-state index contributed by atoms with van der Waals surface area (Å²) in [6, 6.07) is 2.80. The van der Waals surface area contributed by atoms with Gasteiger partial charge in [0.25, 0.3) is 0 Å². The molecule has 0 aliphatic heterocycles. The van der Waals surface area contributed by atoms with E-state index in [1.807, 2.05) is 0 Å². The van der Waals surface area contributed by atoms with Crippen molar-refractivity contribution >= 4 is 0 Å². The van der Waals surface area contributed by atoms with Gasteiger partial charge in [0, 0.05) is 18.7 Å². The third-order valence-corrected chi connectivity index (χ3v) is 2.09. The molecule has 5 nitrogen and oxygen atoms in total. The van der Waals surface area contributed by atoms with Crippen molar-refractivity contribution in [1.82, 2.24) is 5.32 Å². The molecule has 0 aliphatic carbocycles. The van der Waals surface area contributed by atoms with Crippen LogP contribution < -0.4 is 5.32 Å². The minimum absolute atomic E-state index is 0.295. The summed E-state index contributed by atoms with van der Waals surface area (Å²) in [5, 5.41) is 40.2. The van der Waals surface area contributed by atoms with Gasteiger partial charge in [0.05, 0.1) is 5.60 Å². The summed E-state index contributed by atoms with van der Waals surface area (Å²) < 4.78 is 0. The van der Waals surface area contributed by atoms with E-state index in [2.05, 4.69) is 5.32 Å². The van der Waals surface area contributed by atoms with Crippen molar-refractivity contribution in [2.45, 2.75) is 26.0 Å². The lowest BCUT2D eigenvalue weighted by Gasteiger charge is -2.18. The summed E-state index contributed by atoms with van der Waals surface area (Å²) in [7, 11) is 0. The topological polar surface area (TPSA) is 93.0 Å². The second-order valence-corrected chi connectivity index (χ2v) is 4.36. The number of phenols is 3. The number of hydrogen-bond donors (Lipinski definition) is 5. The number of benzene rings is 1. The maximum absolute atomic E-state index is 9.50. The molecule has 0 aliphatic rings. The van der Waals surface area contributed by atoms with Gasteiger partial charge in [-0.2, -0.15) is 0 Å². The summed E-state index contributed by atoms with van der Waals surface area (Å²) in [6.07, 6.45) is 0. The molecule has 0 radical (unpaired) electrons. The first-order valence-electron chi connectivity index (χ1n) is 4.97. The highest BCUT2D eigenvalue weighted by atomic mass is 16.3. The minimum Gasteiger partial charge on any atom is -0.504 e. The van der Waals surface area contributed by atoms with Crippen molar-refractivity contribution in [3.05, 3.63) is 17.7 Å². The number of nitrogens with one attached hydrogen (secondary N) is 1. The maximum atomic E-state index is 9.50. The van der Waals surface area contributed by atoms with E-state index in [0.29, 0.717) is 18.7 Å². The Morgan fingerprint density at radius 3 is 2.31 bits per heavy atom. The Bertz CT molecular complexity index is 371. The summed E-state index contributed by atoms with van der Waals surface area (Å²) in [5.41, 5.74) is -0.381. The summed E-state index contributed by atoms with van der Waals surface area (Å²) >= 11 is 0. The Labute approximate surface area is 94.0 Å². The van der Waals surface area contributed by atoms with Gasteiger partial charge in [0.1, 0.15) is 0 Å². The van der Waals surface area contributed by atoms with Crippen LogP contribution in [0.15, 0.2) is 12.1 Å². The van der Waals surface area contributed by atoms with Crippen LogP contribution in [0.5, 0.6) is 17.2 Å². The molecule has 16 heavy (non-hydrogen) atoms. The van der Waals surface area contributed by atoms with Crippen molar-refractivity contribution in [3.63, 3.8) is 0 Å². The van der Waals surface area contributed by atoms with Crippen molar-refractivity contribution < 1.29 is 20.4 Å². The molecule has 5 heteroatoms. The molecular weight excluding hydrogens is 210 g/mol. The largest absolute Gasteiger partial charge is 0.504 e. The minimum atomic E-state index is -0.839. The van der Waals surface area contributed by atoms with Gasteiger partial charge in [-0.25, -0.2) is 0 Å². The quantitative estimate of drug-likeness (QED) is 0.487. The summed E-state index contributed by atoms with van der Waals surface area (Å²) in [6.45, 7) is 3.97. The van der Waals surface area contributed by atoms with Crippen molar-refractivity contribution in [2.75, 3.05) is 6.54 Å².